The van der Waals surface area contributed by atoms with Gasteiger partial charge in [-0.15, -0.1) is 0 Å². The van der Waals surface area contributed by atoms with Crippen LogP contribution in [0.2, 0.25) is 18.1 Å². The van der Waals surface area contributed by atoms with Gasteiger partial charge in [-0.2, -0.15) is 0 Å². The summed E-state index contributed by atoms with van der Waals surface area (Å²) in [5, 5.41) is 5.36. The van der Waals surface area contributed by atoms with Crippen molar-refractivity contribution in [3.63, 3.8) is 0 Å². The van der Waals surface area contributed by atoms with Crippen LogP contribution in [0, 0.1) is 6.92 Å². The highest BCUT2D eigenvalue weighted by atomic mass is 32.2. The lowest BCUT2D eigenvalue weighted by molar-refractivity contribution is 0.221. The van der Waals surface area contributed by atoms with E-state index in [-0.39, 0.29) is 11.1 Å². The van der Waals surface area contributed by atoms with Gasteiger partial charge in [0.05, 0.1) is 16.9 Å². The fourth-order valence-electron chi connectivity index (χ4n) is 2.25. The second kappa shape index (κ2) is 6.91. The Kier molecular flexibility index (Phi) is 5.54. The molecule has 0 aromatic heterocycles. The SMILES string of the molecule is Cc1ccc(S(=O)/C=C2\NCC[C@@H]2O[Si](C)(C)C(C)(C)C)cc1. The van der Waals surface area contributed by atoms with Crippen molar-refractivity contribution in [1.29, 1.82) is 0 Å². The molecule has 128 valence electrons. The average molecular weight is 352 g/mol. The van der Waals surface area contributed by atoms with E-state index in [1.807, 2.05) is 36.6 Å². The second-order valence-electron chi connectivity index (χ2n) is 7.77. The van der Waals surface area contributed by atoms with Gasteiger partial charge in [0.2, 0.25) is 0 Å². The van der Waals surface area contributed by atoms with E-state index in [1.165, 1.54) is 5.56 Å². The molecule has 0 saturated carbocycles. The molecule has 1 aliphatic rings. The van der Waals surface area contributed by atoms with Crippen molar-refractivity contribution in [3.8, 4) is 0 Å². The normalized spacial score (nSPS) is 22.2. The van der Waals surface area contributed by atoms with Crippen LogP contribution in [-0.2, 0) is 15.2 Å². The summed E-state index contributed by atoms with van der Waals surface area (Å²) in [4.78, 5) is 0.836. The van der Waals surface area contributed by atoms with Crippen LogP contribution in [0.3, 0.4) is 0 Å². The van der Waals surface area contributed by atoms with E-state index < -0.39 is 19.1 Å². The van der Waals surface area contributed by atoms with Crippen molar-refractivity contribution in [2.45, 2.75) is 63.2 Å². The molecule has 1 saturated heterocycles. The lowest BCUT2D eigenvalue weighted by Gasteiger charge is -2.38. The molecule has 1 unspecified atom stereocenters. The monoisotopic (exact) mass is 351 g/mol. The summed E-state index contributed by atoms with van der Waals surface area (Å²) in [6.45, 7) is 14.2. The van der Waals surface area contributed by atoms with Crippen molar-refractivity contribution < 1.29 is 8.63 Å². The quantitative estimate of drug-likeness (QED) is 0.821. The van der Waals surface area contributed by atoms with Gasteiger partial charge in [0.25, 0.3) is 0 Å². The van der Waals surface area contributed by atoms with Crippen LogP contribution in [0.5, 0.6) is 0 Å². The minimum atomic E-state index is -1.83. The number of rotatable bonds is 4. The Labute approximate surface area is 144 Å². The van der Waals surface area contributed by atoms with Crippen LogP contribution < -0.4 is 5.32 Å². The van der Waals surface area contributed by atoms with Crippen molar-refractivity contribution in [3.05, 3.63) is 40.9 Å². The Hall–Kier alpha value is -0.913. The van der Waals surface area contributed by atoms with E-state index in [2.05, 4.69) is 39.2 Å². The first-order valence-electron chi connectivity index (χ1n) is 8.21. The van der Waals surface area contributed by atoms with Crippen molar-refractivity contribution in [2.75, 3.05) is 6.54 Å². The molecule has 2 atom stereocenters. The lowest BCUT2D eigenvalue weighted by atomic mass is 10.2. The average Bonchev–Trinajstić information content (AvgIpc) is 2.84. The fraction of sp³-hybridized carbons (Fsp3) is 0.556. The second-order valence-corrected chi connectivity index (χ2v) is 13.8. The maximum atomic E-state index is 12.6. The van der Waals surface area contributed by atoms with Gasteiger partial charge in [0.15, 0.2) is 8.32 Å². The molecule has 0 aliphatic carbocycles. The van der Waals surface area contributed by atoms with E-state index in [1.54, 1.807) is 0 Å². The molecule has 1 fully saturated rings. The van der Waals surface area contributed by atoms with Gasteiger partial charge in [0.1, 0.15) is 0 Å². The van der Waals surface area contributed by atoms with Crippen LogP contribution in [-0.4, -0.2) is 25.2 Å². The van der Waals surface area contributed by atoms with Gasteiger partial charge in [-0.05, 0) is 43.6 Å². The van der Waals surface area contributed by atoms with E-state index >= 15 is 0 Å². The predicted octanol–water partition coefficient (Wildman–Crippen LogP) is 4.33. The zero-order valence-corrected chi connectivity index (χ0v) is 16.9. The third kappa shape index (κ3) is 4.55. The highest BCUT2D eigenvalue weighted by Crippen LogP contribution is 2.38. The summed E-state index contributed by atoms with van der Waals surface area (Å²) < 4.78 is 19.1. The van der Waals surface area contributed by atoms with Crippen LogP contribution >= 0.6 is 0 Å². The summed E-state index contributed by atoms with van der Waals surface area (Å²) in [6.07, 6.45) is 0.994. The molecule has 0 bridgehead atoms. The lowest BCUT2D eigenvalue weighted by Crippen LogP contribution is -2.44. The summed E-state index contributed by atoms with van der Waals surface area (Å²) in [5.41, 5.74) is 2.16. The minimum absolute atomic E-state index is 0.0466. The maximum absolute atomic E-state index is 12.6. The van der Waals surface area contributed by atoms with E-state index in [0.717, 1.165) is 23.6 Å². The summed E-state index contributed by atoms with van der Waals surface area (Å²) in [7, 11) is -2.97. The van der Waals surface area contributed by atoms with Gasteiger partial charge < -0.3 is 9.74 Å². The first kappa shape index (κ1) is 18.4. The minimum Gasteiger partial charge on any atom is -0.408 e. The van der Waals surface area contributed by atoms with Crippen LogP contribution in [0.15, 0.2) is 40.3 Å². The van der Waals surface area contributed by atoms with Gasteiger partial charge >= 0.3 is 0 Å². The zero-order valence-electron chi connectivity index (χ0n) is 15.1. The van der Waals surface area contributed by atoms with Crippen molar-refractivity contribution in [2.24, 2.45) is 0 Å². The largest absolute Gasteiger partial charge is 0.408 e. The molecule has 1 aromatic rings. The Balaban J connectivity index is 2.15. The molecule has 0 spiro atoms. The van der Waals surface area contributed by atoms with Crippen molar-refractivity contribution in [1.82, 2.24) is 5.32 Å². The fourth-order valence-corrected chi connectivity index (χ4v) is 4.56. The third-order valence-electron chi connectivity index (χ3n) is 4.81. The summed E-state index contributed by atoms with van der Waals surface area (Å²) in [6, 6.07) is 7.86. The molecule has 5 heteroatoms. The summed E-state index contributed by atoms with van der Waals surface area (Å²) in [5.74, 6) is 0. The topological polar surface area (TPSA) is 38.3 Å². The molecular weight excluding hydrogens is 322 g/mol. The molecule has 23 heavy (non-hydrogen) atoms. The molecule has 1 aliphatic heterocycles. The number of hydrogen-bond donors (Lipinski definition) is 1. The predicted molar refractivity (Wildman–Crippen MR) is 100 cm³/mol. The first-order chi connectivity index (χ1) is 10.6. The Bertz CT molecular complexity index is 602. The molecule has 1 N–H and O–H groups in total. The number of aryl methyl sites for hydroxylation is 1. The summed E-state index contributed by atoms with van der Waals surface area (Å²) >= 11 is 0. The molecular formula is C18H29NO2SSi. The molecule has 0 amide bonds. The standard InChI is InChI=1S/C18H29NO2SSi/c1-14-7-9-15(10-8-14)22(20)13-16-17(11-12-19-16)21-23(5,6)18(2,3)4/h7-10,13,17,19H,11-12H2,1-6H3/b16-13-/t17-,22?/m0/s1. The van der Waals surface area contributed by atoms with E-state index in [0.29, 0.717) is 0 Å². The zero-order chi connectivity index (χ0) is 17.3. The smallest absolute Gasteiger partial charge is 0.192 e. The number of hydrogen-bond acceptors (Lipinski definition) is 3. The Morgan fingerprint density at radius 1 is 1.26 bits per heavy atom. The first-order valence-corrected chi connectivity index (χ1v) is 12.3. The maximum Gasteiger partial charge on any atom is 0.192 e. The van der Waals surface area contributed by atoms with Gasteiger partial charge in [-0.3, -0.25) is 0 Å². The Morgan fingerprint density at radius 2 is 1.87 bits per heavy atom. The number of nitrogens with one attached hydrogen (secondary N) is 1. The van der Waals surface area contributed by atoms with E-state index in [9.17, 15) is 4.21 Å². The van der Waals surface area contributed by atoms with E-state index in [4.69, 9.17) is 4.43 Å². The molecule has 0 radical (unpaired) electrons. The van der Waals surface area contributed by atoms with Crippen LogP contribution in [0.1, 0.15) is 32.8 Å². The van der Waals surface area contributed by atoms with Gasteiger partial charge in [-0.1, -0.05) is 38.5 Å². The highest BCUT2D eigenvalue weighted by molar-refractivity contribution is 7.88. The third-order valence-corrected chi connectivity index (χ3v) is 10.5. The van der Waals surface area contributed by atoms with Crippen LogP contribution in [0.4, 0.5) is 0 Å². The Morgan fingerprint density at radius 3 is 2.43 bits per heavy atom. The molecule has 1 heterocycles. The van der Waals surface area contributed by atoms with Crippen LogP contribution in [0.25, 0.3) is 0 Å². The molecule has 2 rings (SSSR count). The number of benzene rings is 1. The van der Waals surface area contributed by atoms with Gasteiger partial charge in [-0.25, -0.2) is 4.21 Å². The molecule has 3 nitrogen and oxygen atoms in total. The van der Waals surface area contributed by atoms with Gasteiger partial charge in [0, 0.05) is 22.5 Å². The highest BCUT2D eigenvalue weighted by Gasteiger charge is 2.40. The molecule has 1 aromatic carbocycles. The van der Waals surface area contributed by atoms with Crippen molar-refractivity contribution >= 4 is 19.1 Å².